The number of sulfonamides is 1. The van der Waals surface area contributed by atoms with Crippen molar-refractivity contribution in [2.75, 3.05) is 24.1 Å². The summed E-state index contributed by atoms with van der Waals surface area (Å²) in [5.74, 6) is -0.675. The number of ether oxygens (including phenoxy) is 1. The summed E-state index contributed by atoms with van der Waals surface area (Å²) in [5.41, 5.74) is 1.38. The lowest BCUT2D eigenvalue weighted by Crippen LogP contribution is -2.18. The van der Waals surface area contributed by atoms with E-state index in [1.807, 2.05) is 6.07 Å². The highest BCUT2D eigenvalue weighted by Gasteiger charge is 2.24. The predicted octanol–water partition coefficient (Wildman–Crippen LogP) is 4.33. The lowest BCUT2D eigenvalue weighted by atomic mass is 9.94. The number of nitrogens with zero attached hydrogens (tertiary/aromatic N) is 2. The Kier molecular flexibility index (Phi) is 7.26. The highest BCUT2D eigenvalue weighted by molar-refractivity contribution is 7.92. The van der Waals surface area contributed by atoms with Crippen LogP contribution >= 0.6 is 0 Å². The monoisotopic (exact) mass is 512 g/mol. The Labute approximate surface area is 209 Å². The summed E-state index contributed by atoms with van der Waals surface area (Å²) < 4.78 is 49.2. The molecule has 2 aromatic carbocycles. The topological polar surface area (TPSA) is 114 Å². The third kappa shape index (κ3) is 5.33. The van der Waals surface area contributed by atoms with E-state index < -0.39 is 15.8 Å². The number of rotatable bonds is 10. The van der Waals surface area contributed by atoms with Crippen molar-refractivity contribution in [3.63, 3.8) is 0 Å². The van der Waals surface area contributed by atoms with Crippen LogP contribution in [0.3, 0.4) is 0 Å². The van der Waals surface area contributed by atoms with Crippen molar-refractivity contribution in [2.24, 2.45) is 18.0 Å². The second-order valence-electron chi connectivity index (χ2n) is 8.95. The molecule has 1 aliphatic carbocycles. The molecule has 1 fully saturated rings. The molecule has 1 heterocycles. The van der Waals surface area contributed by atoms with Gasteiger partial charge in [0.2, 0.25) is 10.0 Å². The van der Waals surface area contributed by atoms with Gasteiger partial charge in [-0.3, -0.25) is 14.5 Å². The Morgan fingerprint density at radius 3 is 2.64 bits per heavy atom. The molecule has 0 radical (unpaired) electrons. The molecule has 1 saturated carbocycles. The third-order valence-electron chi connectivity index (χ3n) is 6.26. The number of aliphatic imine (C=N–C) groups is 1. The predicted molar refractivity (Wildman–Crippen MR) is 142 cm³/mol. The molecule has 4 rings (SSSR count). The molecule has 8 nitrogen and oxygen atoms in total. The molecule has 0 amide bonds. The van der Waals surface area contributed by atoms with E-state index in [1.165, 1.54) is 29.8 Å². The van der Waals surface area contributed by atoms with Crippen molar-refractivity contribution in [1.82, 2.24) is 4.57 Å². The van der Waals surface area contributed by atoms with Gasteiger partial charge in [-0.25, -0.2) is 12.8 Å². The third-order valence-corrected chi connectivity index (χ3v) is 7.55. The zero-order valence-electron chi connectivity index (χ0n) is 20.4. The first-order valence-electron chi connectivity index (χ1n) is 11.7. The lowest BCUT2D eigenvalue weighted by Gasteiger charge is -2.18. The fraction of sp³-hybridized carbons (Fsp3) is 0.346. The van der Waals surface area contributed by atoms with E-state index in [4.69, 9.17) is 10.1 Å². The van der Waals surface area contributed by atoms with Crippen LogP contribution in [0, 0.1) is 17.1 Å². The normalized spacial score (nSPS) is 14.8. The Morgan fingerprint density at radius 1 is 1.25 bits per heavy atom. The van der Waals surface area contributed by atoms with Crippen LogP contribution in [-0.2, 0) is 17.1 Å². The van der Waals surface area contributed by atoms with Gasteiger partial charge in [0.25, 0.3) is 5.56 Å². The Morgan fingerprint density at radius 2 is 2.00 bits per heavy atom. The van der Waals surface area contributed by atoms with Crippen LogP contribution in [-0.4, -0.2) is 44.8 Å². The van der Waals surface area contributed by atoms with E-state index in [2.05, 4.69) is 9.71 Å². The first-order chi connectivity index (χ1) is 17.2. The van der Waals surface area contributed by atoms with Gasteiger partial charge >= 0.3 is 0 Å². The number of fused-ring (bicyclic) bond motifs is 1. The van der Waals surface area contributed by atoms with Crippen LogP contribution in [0.5, 0.6) is 5.75 Å². The van der Waals surface area contributed by atoms with Gasteiger partial charge in [-0.2, -0.15) is 0 Å². The molecule has 190 valence electrons. The van der Waals surface area contributed by atoms with Crippen molar-refractivity contribution in [3.8, 4) is 16.9 Å². The van der Waals surface area contributed by atoms with E-state index in [1.54, 1.807) is 38.6 Å². The molecule has 1 unspecified atom stereocenters. The standard InChI is InChI=1S/C26H29FN4O4S/c1-4-36(33,34)30-24-10-21(25(11-23(24)27)35-15-16-5-6-16)22-14-31(3)26(32)19-8-7-17(9-20(19)22)18(12-28)13-29-2/h7-14,16,18,28,30H,4-6,15H2,1-3H3. The summed E-state index contributed by atoms with van der Waals surface area (Å²) >= 11 is 0. The molecular formula is C26H29FN4O4S. The number of halogens is 1. The molecule has 1 aromatic heterocycles. The minimum Gasteiger partial charge on any atom is -0.493 e. The van der Waals surface area contributed by atoms with Gasteiger partial charge < -0.3 is 14.7 Å². The van der Waals surface area contributed by atoms with E-state index >= 15 is 4.39 Å². The van der Waals surface area contributed by atoms with Crippen molar-refractivity contribution in [2.45, 2.75) is 25.7 Å². The molecule has 2 N–H and O–H groups in total. The van der Waals surface area contributed by atoms with E-state index in [0.717, 1.165) is 18.4 Å². The van der Waals surface area contributed by atoms with Crippen molar-refractivity contribution >= 4 is 38.9 Å². The van der Waals surface area contributed by atoms with E-state index in [9.17, 15) is 13.2 Å². The maximum atomic E-state index is 15.0. The Balaban J connectivity index is 1.98. The van der Waals surface area contributed by atoms with Crippen LogP contribution in [0.2, 0.25) is 0 Å². The first kappa shape index (κ1) is 25.6. The van der Waals surface area contributed by atoms with Crippen LogP contribution in [0.4, 0.5) is 10.1 Å². The molecule has 10 heteroatoms. The second kappa shape index (κ2) is 10.2. The Hall–Kier alpha value is -3.53. The number of aromatic nitrogens is 1. The van der Waals surface area contributed by atoms with Gasteiger partial charge in [0.1, 0.15) is 5.75 Å². The van der Waals surface area contributed by atoms with Crippen LogP contribution in [0.1, 0.15) is 31.2 Å². The van der Waals surface area contributed by atoms with Gasteiger partial charge in [-0.05, 0) is 54.8 Å². The Bertz CT molecular complexity index is 1510. The van der Waals surface area contributed by atoms with Gasteiger partial charge in [-0.1, -0.05) is 6.07 Å². The van der Waals surface area contributed by atoms with Crippen molar-refractivity contribution in [3.05, 3.63) is 58.3 Å². The summed E-state index contributed by atoms with van der Waals surface area (Å²) in [5, 5.41) is 8.80. The van der Waals surface area contributed by atoms with Crippen molar-refractivity contribution < 1.29 is 17.5 Å². The highest BCUT2D eigenvalue weighted by atomic mass is 32.2. The number of pyridine rings is 1. The van der Waals surface area contributed by atoms with E-state index in [-0.39, 0.29) is 28.7 Å². The zero-order valence-corrected chi connectivity index (χ0v) is 21.2. The molecule has 0 saturated heterocycles. The summed E-state index contributed by atoms with van der Waals surface area (Å²) in [6.07, 6.45) is 6.62. The van der Waals surface area contributed by atoms with Crippen molar-refractivity contribution in [1.29, 1.82) is 5.41 Å². The van der Waals surface area contributed by atoms with Crippen LogP contribution < -0.4 is 15.0 Å². The van der Waals surface area contributed by atoms with Gasteiger partial charge in [0.15, 0.2) is 5.82 Å². The summed E-state index contributed by atoms with van der Waals surface area (Å²) in [7, 11) is -0.485. The number of hydrogen-bond acceptors (Lipinski definition) is 6. The number of nitrogens with one attached hydrogen (secondary N) is 2. The van der Waals surface area contributed by atoms with Gasteiger partial charge in [0.05, 0.1) is 24.0 Å². The highest BCUT2D eigenvalue weighted by Crippen LogP contribution is 2.40. The summed E-state index contributed by atoms with van der Waals surface area (Å²) in [6.45, 7) is 1.89. The largest absolute Gasteiger partial charge is 0.493 e. The maximum Gasteiger partial charge on any atom is 0.258 e. The number of benzene rings is 2. The molecule has 1 aliphatic rings. The number of anilines is 1. The molecule has 0 spiro atoms. The molecular weight excluding hydrogens is 483 g/mol. The molecule has 36 heavy (non-hydrogen) atoms. The first-order valence-corrected chi connectivity index (χ1v) is 13.4. The molecule has 3 aromatic rings. The molecule has 0 bridgehead atoms. The maximum absolute atomic E-state index is 15.0. The smallest absolute Gasteiger partial charge is 0.258 e. The lowest BCUT2D eigenvalue weighted by molar-refractivity contribution is 0.299. The number of hydrogen-bond donors (Lipinski definition) is 2. The fourth-order valence-corrected chi connectivity index (χ4v) is 4.62. The molecule has 1 atom stereocenters. The quantitative estimate of drug-likeness (QED) is 0.394. The average molecular weight is 513 g/mol. The summed E-state index contributed by atoms with van der Waals surface area (Å²) in [4.78, 5) is 17.0. The van der Waals surface area contributed by atoms with Crippen LogP contribution in [0.25, 0.3) is 21.9 Å². The van der Waals surface area contributed by atoms with E-state index in [0.29, 0.717) is 34.4 Å². The summed E-state index contributed by atoms with van der Waals surface area (Å²) in [6, 6.07) is 7.90. The second-order valence-corrected chi connectivity index (χ2v) is 11.0. The SMILES string of the molecule is CCS(=O)(=O)Nc1cc(-c2cn(C)c(=O)c3ccc(C(C=N)C=NC)cc23)c(OCC2CC2)cc1F. The minimum atomic E-state index is -3.73. The van der Waals surface area contributed by atoms with Gasteiger partial charge in [0, 0.05) is 55.3 Å². The van der Waals surface area contributed by atoms with Gasteiger partial charge in [-0.15, -0.1) is 0 Å². The minimum absolute atomic E-state index is 0.195. The number of aryl methyl sites for hydroxylation is 1. The average Bonchev–Trinajstić information content (AvgIpc) is 3.69. The van der Waals surface area contributed by atoms with Crippen LogP contribution in [0.15, 0.2) is 46.3 Å². The molecule has 0 aliphatic heterocycles. The zero-order chi connectivity index (χ0) is 26.0. The fourth-order valence-electron chi connectivity index (χ4n) is 3.99.